The van der Waals surface area contributed by atoms with Gasteiger partial charge < -0.3 is 5.32 Å². The Balaban J connectivity index is 1.86. The molecule has 25 heavy (non-hydrogen) atoms. The number of halogens is 2. The minimum Gasteiger partial charge on any atom is -0.375 e. The van der Waals surface area contributed by atoms with Crippen LogP contribution in [0.2, 0.25) is 5.02 Å². The molecule has 0 aliphatic carbocycles. The number of nitrogens with zero attached hydrogens (tertiary/aromatic N) is 1. The van der Waals surface area contributed by atoms with Crippen molar-refractivity contribution < 1.29 is 18.9 Å². The molecule has 0 aromatic heterocycles. The molecule has 8 nitrogen and oxygen atoms in total. The fraction of sp³-hybridized carbons (Fsp3) is 0.0667. The van der Waals surface area contributed by atoms with Crippen molar-refractivity contribution in [2.45, 2.75) is 0 Å². The summed E-state index contributed by atoms with van der Waals surface area (Å²) < 4.78 is 12.9. The van der Waals surface area contributed by atoms with Crippen LogP contribution in [0.1, 0.15) is 10.4 Å². The number of rotatable bonds is 5. The first-order chi connectivity index (χ1) is 11.9. The van der Waals surface area contributed by atoms with Crippen LogP contribution in [0, 0.1) is 15.9 Å². The molecule has 0 radical (unpaired) electrons. The first kappa shape index (κ1) is 18.1. The van der Waals surface area contributed by atoms with E-state index in [1.807, 2.05) is 0 Å². The number of nitro groups is 1. The molecule has 2 aromatic carbocycles. The Morgan fingerprint density at radius 1 is 1.16 bits per heavy atom. The van der Waals surface area contributed by atoms with Gasteiger partial charge in [0.05, 0.1) is 22.2 Å². The average molecular weight is 367 g/mol. The summed E-state index contributed by atoms with van der Waals surface area (Å²) >= 11 is 5.80. The zero-order valence-corrected chi connectivity index (χ0v) is 13.3. The van der Waals surface area contributed by atoms with Crippen molar-refractivity contribution in [3.63, 3.8) is 0 Å². The molecule has 3 N–H and O–H groups in total. The molecule has 0 fully saturated rings. The zero-order valence-electron chi connectivity index (χ0n) is 12.6. The van der Waals surface area contributed by atoms with Gasteiger partial charge in [0.15, 0.2) is 0 Å². The lowest BCUT2D eigenvalue weighted by atomic mass is 10.2. The summed E-state index contributed by atoms with van der Waals surface area (Å²) in [7, 11) is 0. The van der Waals surface area contributed by atoms with Gasteiger partial charge in [-0.2, -0.15) is 0 Å². The summed E-state index contributed by atoms with van der Waals surface area (Å²) in [6, 6.07) is 8.68. The van der Waals surface area contributed by atoms with E-state index < -0.39 is 22.6 Å². The summed E-state index contributed by atoms with van der Waals surface area (Å²) in [4.78, 5) is 33.6. The number of amides is 2. The molecule has 0 bridgehead atoms. The van der Waals surface area contributed by atoms with Crippen molar-refractivity contribution in [2.24, 2.45) is 0 Å². The third-order valence-corrected chi connectivity index (χ3v) is 3.32. The number of non-ortho nitro benzene ring substituents is 1. The lowest BCUT2D eigenvalue weighted by molar-refractivity contribution is -0.384. The van der Waals surface area contributed by atoms with Crippen molar-refractivity contribution in [1.82, 2.24) is 10.9 Å². The Bertz CT molecular complexity index is 831. The molecule has 0 saturated carbocycles. The van der Waals surface area contributed by atoms with Gasteiger partial charge in [-0.25, -0.2) is 4.39 Å². The number of carbonyl (C=O) groups excluding carboxylic acids is 2. The molecule has 2 aromatic rings. The lowest BCUT2D eigenvalue weighted by Gasteiger charge is -2.10. The van der Waals surface area contributed by atoms with E-state index in [0.717, 1.165) is 12.1 Å². The number of hydrogen-bond acceptors (Lipinski definition) is 5. The molecule has 0 aliphatic rings. The van der Waals surface area contributed by atoms with Crippen LogP contribution in [0.4, 0.5) is 15.8 Å². The van der Waals surface area contributed by atoms with Gasteiger partial charge in [0, 0.05) is 17.7 Å². The van der Waals surface area contributed by atoms with Crippen LogP contribution < -0.4 is 16.2 Å². The molecule has 2 amide bonds. The summed E-state index contributed by atoms with van der Waals surface area (Å²) in [5.41, 5.74) is 4.40. The Kier molecular flexibility index (Phi) is 5.85. The van der Waals surface area contributed by atoms with Crippen LogP contribution in [0.3, 0.4) is 0 Å². The van der Waals surface area contributed by atoms with Crippen LogP contribution in [0.15, 0.2) is 42.5 Å². The standard InChI is InChI=1S/C15H12ClFN4O4/c16-12-7-10(17)4-5-13(12)18-8-14(22)19-20-15(23)9-2-1-3-11(6-9)21(24)25/h1-7,18H,8H2,(H,19,22)(H,20,23). The van der Waals surface area contributed by atoms with E-state index in [1.165, 1.54) is 30.3 Å². The number of nitro benzene ring substituents is 1. The predicted octanol–water partition coefficient (Wildman–Crippen LogP) is 2.26. The Morgan fingerprint density at radius 2 is 1.92 bits per heavy atom. The van der Waals surface area contributed by atoms with Gasteiger partial charge in [-0.05, 0) is 24.3 Å². The number of benzene rings is 2. The van der Waals surface area contributed by atoms with Gasteiger partial charge >= 0.3 is 0 Å². The number of anilines is 1. The van der Waals surface area contributed by atoms with Crippen molar-refractivity contribution in [3.8, 4) is 0 Å². The molecule has 0 atom stereocenters. The highest BCUT2D eigenvalue weighted by atomic mass is 35.5. The highest BCUT2D eigenvalue weighted by molar-refractivity contribution is 6.33. The summed E-state index contributed by atoms with van der Waals surface area (Å²) in [5, 5.41) is 13.5. The number of carbonyl (C=O) groups is 2. The second-order valence-corrected chi connectivity index (χ2v) is 5.19. The zero-order chi connectivity index (χ0) is 18.4. The van der Waals surface area contributed by atoms with Crippen molar-refractivity contribution in [1.29, 1.82) is 0 Å². The lowest BCUT2D eigenvalue weighted by Crippen LogP contribution is -2.44. The van der Waals surface area contributed by atoms with E-state index in [0.29, 0.717) is 5.69 Å². The molecule has 0 heterocycles. The molecule has 0 saturated heterocycles. The highest BCUT2D eigenvalue weighted by Gasteiger charge is 2.12. The smallest absolute Gasteiger partial charge is 0.270 e. The van der Waals surface area contributed by atoms with Crippen LogP contribution in [-0.2, 0) is 4.79 Å². The second kappa shape index (κ2) is 8.06. The maximum Gasteiger partial charge on any atom is 0.270 e. The highest BCUT2D eigenvalue weighted by Crippen LogP contribution is 2.21. The first-order valence-electron chi connectivity index (χ1n) is 6.89. The SMILES string of the molecule is O=C(CNc1ccc(F)cc1Cl)NNC(=O)c1cccc([N+](=O)[O-])c1. The maximum absolute atomic E-state index is 12.9. The summed E-state index contributed by atoms with van der Waals surface area (Å²) in [6.45, 7) is -0.236. The van der Waals surface area contributed by atoms with Crippen LogP contribution >= 0.6 is 11.6 Å². The minimum atomic E-state index is -0.711. The Hall–Kier alpha value is -3.20. The topological polar surface area (TPSA) is 113 Å². The minimum absolute atomic E-state index is 0.0176. The van der Waals surface area contributed by atoms with Crippen LogP contribution in [0.5, 0.6) is 0 Å². The van der Waals surface area contributed by atoms with E-state index in [1.54, 1.807) is 0 Å². The molecule has 10 heteroatoms. The van der Waals surface area contributed by atoms with Gasteiger partial charge in [-0.3, -0.25) is 30.6 Å². The maximum atomic E-state index is 12.9. The Labute approximate surface area is 146 Å². The average Bonchev–Trinajstić information content (AvgIpc) is 2.59. The van der Waals surface area contributed by atoms with Crippen LogP contribution in [-0.4, -0.2) is 23.3 Å². The van der Waals surface area contributed by atoms with E-state index >= 15 is 0 Å². The quantitative estimate of drug-likeness (QED) is 0.555. The van der Waals surface area contributed by atoms with Gasteiger partial charge in [-0.15, -0.1) is 0 Å². The first-order valence-corrected chi connectivity index (χ1v) is 7.27. The van der Waals surface area contributed by atoms with Crippen molar-refractivity contribution in [3.05, 3.63) is 69.0 Å². The van der Waals surface area contributed by atoms with Gasteiger partial charge in [-0.1, -0.05) is 17.7 Å². The summed E-state index contributed by atoms with van der Waals surface area (Å²) in [5.74, 6) is -1.82. The third kappa shape index (κ3) is 5.15. The Morgan fingerprint density at radius 3 is 2.60 bits per heavy atom. The molecular formula is C15H12ClFN4O4. The van der Waals surface area contributed by atoms with E-state index in [2.05, 4.69) is 16.2 Å². The largest absolute Gasteiger partial charge is 0.375 e. The number of hydrogen-bond donors (Lipinski definition) is 3. The van der Waals surface area contributed by atoms with Gasteiger partial charge in [0.25, 0.3) is 17.5 Å². The van der Waals surface area contributed by atoms with E-state index in [9.17, 15) is 24.1 Å². The fourth-order valence-corrected chi connectivity index (χ4v) is 2.05. The second-order valence-electron chi connectivity index (χ2n) is 4.79. The van der Waals surface area contributed by atoms with Crippen molar-refractivity contribution in [2.75, 3.05) is 11.9 Å². The summed E-state index contributed by atoms with van der Waals surface area (Å²) in [6.07, 6.45) is 0. The number of nitrogens with one attached hydrogen (secondary N) is 3. The van der Waals surface area contributed by atoms with Gasteiger partial charge in [0.2, 0.25) is 0 Å². The molecule has 0 spiro atoms. The molecule has 130 valence electrons. The normalized spacial score (nSPS) is 10.0. The molecule has 0 aliphatic heterocycles. The molecule has 2 rings (SSSR count). The fourth-order valence-electron chi connectivity index (χ4n) is 1.81. The van der Waals surface area contributed by atoms with Crippen LogP contribution in [0.25, 0.3) is 0 Å². The van der Waals surface area contributed by atoms with Crippen molar-refractivity contribution >= 4 is 34.8 Å². The molecular weight excluding hydrogens is 355 g/mol. The molecule has 0 unspecified atom stereocenters. The van der Waals surface area contributed by atoms with E-state index in [4.69, 9.17) is 11.6 Å². The predicted molar refractivity (Wildman–Crippen MR) is 88.6 cm³/mol. The van der Waals surface area contributed by atoms with E-state index in [-0.39, 0.29) is 22.8 Å². The third-order valence-electron chi connectivity index (χ3n) is 3.01. The van der Waals surface area contributed by atoms with Gasteiger partial charge in [0.1, 0.15) is 5.82 Å². The number of hydrazine groups is 1. The monoisotopic (exact) mass is 366 g/mol.